The van der Waals surface area contributed by atoms with Gasteiger partial charge in [0.05, 0.1) is 0 Å². The predicted molar refractivity (Wildman–Crippen MR) is 73.4 cm³/mol. The summed E-state index contributed by atoms with van der Waals surface area (Å²) in [5.41, 5.74) is 1.22. The van der Waals surface area contributed by atoms with Crippen LogP contribution in [0, 0.1) is 12.7 Å². The zero-order valence-corrected chi connectivity index (χ0v) is 11.3. The van der Waals surface area contributed by atoms with E-state index in [1.807, 2.05) is 6.92 Å². The summed E-state index contributed by atoms with van der Waals surface area (Å²) in [6, 6.07) is 4.65. The van der Waals surface area contributed by atoms with Gasteiger partial charge in [0.15, 0.2) is 0 Å². The van der Waals surface area contributed by atoms with Gasteiger partial charge in [-0.05, 0) is 49.2 Å². The van der Waals surface area contributed by atoms with Crippen LogP contribution in [0.2, 0.25) is 5.28 Å². The fourth-order valence-corrected chi connectivity index (χ4v) is 1.65. The predicted octanol–water partition coefficient (Wildman–Crippen LogP) is 3.15. The fourth-order valence-electron chi connectivity index (χ4n) is 1.49. The van der Waals surface area contributed by atoms with E-state index in [2.05, 4.69) is 25.6 Å². The molecule has 0 spiro atoms. The van der Waals surface area contributed by atoms with Crippen LogP contribution in [0.25, 0.3) is 0 Å². The van der Waals surface area contributed by atoms with Gasteiger partial charge < -0.3 is 10.6 Å². The number of hydrogen-bond acceptors (Lipinski definition) is 5. The summed E-state index contributed by atoms with van der Waals surface area (Å²) in [6.07, 6.45) is 0. The maximum Gasteiger partial charge on any atom is 0.233 e. The van der Waals surface area contributed by atoms with E-state index in [9.17, 15) is 4.39 Å². The molecule has 0 saturated carbocycles. The van der Waals surface area contributed by atoms with Crippen molar-refractivity contribution in [1.29, 1.82) is 0 Å². The number of nitrogens with one attached hydrogen (secondary N) is 2. The Morgan fingerprint density at radius 1 is 1.21 bits per heavy atom. The van der Waals surface area contributed by atoms with E-state index in [1.165, 1.54) is 6.07 Å². The summed E-state index contributed by atoms with van der Waals surface area (Å²) in [4.78, 5) is 12.0. The van der Waals surface area contributed by atoms with Crippen molar-refractivity contribution < 1.29 is 4.39 Å². The first kappa shape index (κ1) is 13.5. The second-order valence-electron chi connectivity index (χ2n) is 3.87. The minimum atomic E-state index is -0.257. The Bertz CT molecular complexity index is 590. The number of anilines is 3. The van der Waals surface area contributed by atoms with Crippen LogP contribution in [-0.2, 0) is 0 Å². The largest absolute Gasteiger partial charge is 0.354 e. The summed E-state index contributed by atoms with van der Waals surface area (Å²) in [6.45, 7) is 4.29. The van der Waals surface area contributed by atoms with Gasteiger partial charge in [-0.15, -0.1) is 0 Å². The highest BCUT2D eigenvalue weighted by Gasteiger charge is 2.05. The Kier molecular flexibility index (Phi) is 4.11. The lowest BCUT2D eigenvalue weighted by atomic mass is 10.2. The van der Waals surface area contributed by atoms with Gasteiger partial charge in [0, 0.05) is 12.2 Å². The van der Waals surface area contributed by atoms with Crippen LogP contribution in [0.1, 0.15) is 12.5 Å². The molecule has 19 heavy (non-hydrogen) atoms. The summed E-state index contributed by atoms with van der Waals surface area (Å²) in [5, 5.41) is 6.00. The minimum Gasteiger partial charge on any atom is -0.354 e. The molecule has 0 atom stereocenters. The number of aromatic nitrogens is 3. The molecule has 0 aliphatic carbocycles. The molecule has 1 aromatic carbocycles. The Morgan fingerprint density at radius 3 is 2.63 bits per heavy atom. The molecule has 5 nitrogen and oxygen atoms in total. The third-order valence-electron chi connectivity index (χ3n) is 2.36. The summed E-state index contributed by atoms with van der Waals surface area (Å²) >= 11 is 5.81. The number of benzene rings is 1. The van der Waals surface area contributed by atoms with Crippen molar-refractivity contribution >= 4 is 29.2 Å². The van der Waals surface area contributed by atoms with Crippen LogP contribution in [0.4, 0.5) is 22.0 Å². The van der Waals surface area contributed by atoms with Crippen LogP contribution < -0.4 is 10.6 Å². The number of aryl methyl sites for hydroxylation is 1. The van der Waals surface area contributed by atoms with Gasteiger partial charge in [-0.3, -0.25) is 0 Å². The molecular weight excluding hydrogens is 269 g/mol. The van der Waals surface area contributed by atoms with Crippen molar-refractivity contribution in [3.63, 3.8) is 0 Å². The molecule has 2 rings (SSSR count). The molecule has 0 radical (unpaired) electrons. The zero-order chi connectivity index (χ0) is 13.8. The molecule has 0 aliphatic rings. The van der Waals surface area contributed by atoms with E-state index in [0.717, 1.165) is 0 Å². The average Bonchev–Trinajstić information content (AvgIpc) is 2.33. The SMILES string of the molecule is CCNc1nc(Cl)nc(Nc2ccc(F)c(C)c2)n1. The van der Waals surface area contributed by atoms with E-state index >= 15 is 0 Å². The Balaban J connectivity index is 2.24. The zero-order valence-electron chi connectivity index (χ0n) is 10.5. The number of rotatable bonds is 4. The molecular formula is C12H13ClFN5. The van der Waals surface area contributed by atoms with Crippen molar-refractivity contribution in [2.24, 2.45) is 0 Å². The standard InChI is InChI=1S/C12H13ClFN5/c1-3-15-11-17-10(13)18-12(19-11)16-8-4-5-9(14)7(2)6-8/h4-6H,3H2,1-2H3,(H2,15,16,17,18,19). The van der Waals surface area contributed by atoms with Crippen molar-refractivity contribution in [3.05, 3.63) is 34.9 Å². The second kappa shape index (κ2) is 5.79. The van der Waals surface area contributed by atoms with Crippen LogP contribution in [0.5, 0.6) is 0 Å². The number of nitrogens with zero attached hydrogens (tertiary/aromatic N) is 3. The monoisotopic (exact) mass is 281 g/mol. The van der Waals surface area contributed by atoms with E-state index in [0.29, 0.717) is 29.7 Å². The van der Waals surface area contributed by atoms with Crippen molar-refractivity contribution in [2.75, 3.05) is 17.2 Å². The minimum absolute atomic E-state index is 0.0901. The molecule has 0 aliphatic heterocycles. The van der Waals surface area contributed by atoms with Crippen LogP contribution in [0.3, 0.4) is 0 Å². The Hall–Kier alpha value is -1.95. The van der Waals surface area contributed by atoms with Crippen LogP contribution in [0.15, 0.2) is 18.2 Å². The lowest BCUT2D eigenvalue weighted by molar-refractivity contribution is 0.619. The normalized spacial score (nSPS) is 10.3. The molecule has 2 aromatic rings. The van der Waals surface area contributed by atoms with Crippen LogP contribution in [-0.4, -0.2) is 21.5 Å². The summed E-state index contributed by atoms with van der Waals surface area (Å²) < 4.78 is 13.2. The van der Waals surface area contributed by atoms with E-state index in [4.69, 9.17) is 11.6 Å². The van der Waals surface area contributed by atoms with E-state index in [1.54, 1.807) is 19.1 Å². The van der Waals surface area contributed by atoms with Gasteiger partial charge in [0.1, 0.15) is 5.82 Å². The van der Waals surface area contributed by atoms with Gasteiger partial charge in [-0.1, -0.05) is 0 Å². The molecule has 0 fully saturated rings. The smallest absolute Gasteiger partial charge is 0.233 e. The lowest BCUT2D eigenvalue weighted by Gasteiger charge is -2.08. The van der Waals surface area contributed by atoms with Gasteiger partial charge in [0.25, 0.3) is 0 Å². The molecule has 100 valence electrons. The molecule has 0 amide bonds. The van der Waals surface area contributed by atoms with Crippen molar-refractivity contribution in [1.82, 2.24) is 15.0 Å². The summed E-state index contributed by atoms with van der Waals surface area (Å²) in [5.74, 6) is 0.443. The van der Waals surface area contributed by atoms with Gasteiger partial charge in [-0.25, -0.2) is 4.39 Å². The first-order chi connectivity index (χ1) is 9.08. The first-order valence-corrected chi connectivity index (χ1v) is 6.15. The van der Waals surface area contributed by atoms with Gasteiger partial charge >= 0.3 is 0 Å². The highest BCUT2D eigenvalue weighted by atomic mass is 35.5. The first-order valence-electron chi connectivity index (χ1n) is 5.77. The fraction of sp³-hybridized carbons (Fsp3) is 0.250. The molecule has 0 unspecified atom stereocenters. The molecule has 1 heterocycles. The molecule has 0 bridgehead atoms. The van der Waals surface area contributed by atoms with Crippen molar-refractivity contribution in [3.8, 4) is 0 Å². The number of halogens is 2. The lowest BCUT2D eigenvalue weighted by Crippen LogP contribution is -2.06. The summed E-state index contributed by atoms with van der Waals surface area (Å²) in [7, 11) is 0. The third kappa shape index (κ3) is 3.51. The average molecular weight is 282 g/mol. The molecule has 1 aromatic heterocycles. The quantitative estimate of drug-likeness (QED) is 0.901. The van der Waals surface area contributed by atoms with Gasteiger partial charge in [0.2, 0.25) is 17.2 Å². The molecule has 0 saturated heterocycles. The number of hydrogen-bond donors (Lipinski definition) is 2. The topological polar surface area (TPSA) is 62.7 Å². The van der Waals surface area contributed by atoms with E-state index < -0.39 is 0 Å². The highest BCUT2D eigenvalue weighted by Crippen LogP contribution is 2.18. The second-order valence-corrected chi connectivity index (χ2v) is 4.21. The van der Waals surface area contributed by atoms with E-state index in [-0.39, 0.29) is 11.1 Å². The Labute approximate surface area is 115 Å². The Morgan fingerprint density at radius 2 is 1.95 bits per heavy atom. The molecule has 7 heteroatoms. The van der Waals surface area contributed by atoms with Gasteiger partial charge in [-0.2, -0.15) is 15.0 Å². The highest BCUT2D eigenvalue weighted by molar-refractivity contribution is 6.28. The molecule has 2 N–H and O–H groups in total. The maximum absolute atomic E-state index is 13.2. The third-order valence-corrected chi connectivity index (χ3v) is 2.53. The van der Waals surface area contributed by atoms with Crippen LogP contribution >= 0.6 is 11.6 Å². The maximum atomic E-state index is 13.2. The van der Waals surface area contributed by atoms with Crippen molar-refractivity contribution in [2.45, 2.75) is 13.8 Å².